The van der Waals surface area contributed by atoms with Crippen molar-refractivity contribution < 1.29 is 60.3 Å². The molecule has 0 fully saturated rings. The Morgan fingerprint density at radius 3 is 1.63 bits per heavy atom. The van der Waals surface area contributed by atoms with Crippen LogP contribution in [0, 0.1) is 31.8 Å². The van der Waals surface area contributed by atoms with Crippen molar-refractivity contribution >= 4 is 84.7 Å². The molecule has 5 heterocycles. The zero-order valence-corrected chi connectivity index (χ0v) is 36.3. The second-order valence-electron chi connectivity index (χ2n) is 12.6. The van der Waals surface area contributed by atoms with Gasteiger partial charge in [-0.05, 0) is 50.2 Å². The zero-order chi connectivity index (χ0) is 48.4. The van der Waals surface area contributed by atoms with Crippen LogP contribution in [0.5, 0.6) is 6.01 Å². The van der Waals surface area contributed by atoms with E-state index in [-0.39, 0.29) is 78.5 Å². The van der Waals surface area contributed by atoms with Crippen molar-refractivity contribution in [2.24, 2.45) is 20.5 Å². The minimum Gasteiger partial charge on any atom is -0.479 e. The molecular formula is C31H23N19O13S4. The number of azo groups is 2. The molecule has 0 saturated heterocycles. The van der Waals surface area contributed by atoms with Crippen LogP contribution < -0.4 is 11.5 Å². The van der Waals surface area contributed by atoms with Gasteiger partial charge in [0.05, 0.1) is 75.6 Å². The minimum absolute atomic E-state index is 0.00359. The Labute approximate surface area is 380 Å². The smallest absolute Gasteiger partial charge is 0.320 e. The van der Waals surface area contributed by atoms with Gasteiger partial charge in [-0.3, -0.25) is 9.11 Å². The van der Waals surface area contributed by atoms with Crippen molar-refractivity contribution in [3.05, 3.63) is 77.2 Å². The summed E-state index contributed by atoms with van der Waals surface area (Å²) in [5, 5.41) is 78.1. The molecule has 67 heavy (non-hydrogen) atoms. The molecule has 5 aromatic heterocycles. The number of nitrogens with zero attached hydrogens (tertiary/aromatic N) is 17. The van der Waals surface area contributed by atoms with Gasteiger partial charge in [-0.2, -0.15) is 66.8 Å². The second kappa shape index (κ2) is 18.9. The topological polar surface area (TPSA) is 446 Å². The largest absolute Gasteiger partial charge is 0.479 e. The minimum atomic E-state index is -4.80. The predicted octanol–water partition coefficient (Wildman–Crippen LogP) is 4.70. The highest BCUT2D eigenvalue weighted by Gasteiger charge is 2.24. The van der Waals surface area contributed by atoms with Crippen LogP contribution >= 0.6 is 24.1 Å². The quantitative estimate of drug-likeness (QED) is 0.0172. The lowest BCUT2D eigenvalue weighted by Gasteiger charge is -2.09. The molecule has 32 nitrogen and oxygen atoms in total. The highest BCUT2D eigenvalue weighted by molar-refractivity contribution is 7.95. The molecule has 0 radical (unpaired) electrons. The maximum atomic E-state index is 12.0. The van der Waals surface area contributed by atoms with Crippen LogP contribution in [0.4, 0.5) is 40.3 Å². The van der Waals surface area contributed by atoms with Crippen molar-refractivity contribution in [1.82, 2.24) is 54.1 Å². The van der Waals surface area contributed by atoms with Crippen molar-refractivity contribution in [2.45, 2.75) is 33.4 Å². The van der Waals surface area contributed by atoms with Gasteiger partial charge < -0.3 is 16.6 Å². The fraction of sp³-hybridized carbons (Fsp3) is 0.0645. The third kappa shape index (κ3) is 9.89. The Morgan fingerprint density at radius 1 is 0.716 bits per heavy atom. The van der Waals surface area contributed by atoms with E-state index >= 15 is 0 Å². The predicted molar refractivity (Wildman–Crippen MR) is 221 cm³/mol. The van der Waals surface area contributed by atoms with Crippen LogP contribution in [0.3, 0.4) is 0 Å². The Hall–Kier alpha value is -7.85. The normalized spacial score (nSPS) is 12.1. The second-order valence-corrected chi connectivity index (χ2v) is 17.0. The summed E-state index contributed by atoms with van der Waals surface area (Å²) in [6, 6.07) is 7.59. The summed E-state index contributed by atoms with van der Waals surface area (Å²) in [5.41, 5.74) is 12.4. The fourth-order valence-corrected chi connectivity index (χ4v) is 7.76. The van der Waals surface area contributed by atoms with Gasteiger partial charge in [0, 0.05) is 9.79 Å². The summed E-state index contributed by atoms with van der Waals surface area (Å²) in [6.07, 6.45) is 2.19. The summed E-state index contributed by atoms with van der Waals surface area (Å²) < 4.78 is 80.3. The lowest BCUT2D eigenvalue weighted by Crippen LogP contribution is -2.13. The van der Waals surface area contributed by atoms with Crippen LogP contribution in [0.1, 0.15) is 17.0 Å². The Kier molecular flexibility index (Phi) is 13.3. The van der Waals surface area contributed by atoms with Crippen molar-refractivity contribution in [2.75, 3.05) is 11.5 Å². The third-order valence-electron chi connectivity index (χ3n) is 8.44. The SMILES string of the molecule is [C-]#[N+]c1cnn(-c2cc(SOOO)cc(S(=O)(=O)O)c2)c1N=Nc1c(C)nn(-c2nc(O)nc(-n3nc(C)c(N=Nc4c(C#N)cnn4-c4cc(SOOO)cc(S(=O)(=O)O)c4)c3N)n2)c1N. The summed E-state index contributed by atoms with van der Waals surface area (Å²) in [5.74, 6) is -1.79. The zero-order valence-electron chi connectivity index (χ0n) is 33.0. The Morgan fingerprint density at radius 2 is 1.18 bits per heavy atom. The number of rotatable bonds is 16. The molecule has 344 valence electrons. The Balaban J connectivity index is 1.22. The first kappa shape index (κ1) is 47.1. The molecule has 0 aliphatic rings. The molecule has 0 saturated carbocycles. The van der Waals surface area contributed by atoms with Crippen molar-refractivity contribution in [1.29, 1.82) is 5.26 Å². The maximum Gasteiger partial charge on any atom is 0.320 e. The van der Waals surface area contributed by atoms with Crippen LogP contribution in [-0.4, -0.2) is 95.6 Å². The lowest BCUT2D eigenvalue weighted by molar-refractivity contribution is -0.432. The van der Waals surface area contributed by atoms with E-state index in [9.17, 15) is 36.3 Å². The molecule has 7 aromatic rings. The fourth-order valence-electron chi connectivity index (χ4n) is 5.62. The van der Waals surface area contributed by atoms with Crippen LogP contribution in [0.2, 0.25) is 0 Å². The van der Waals surface area contributed by atoms with Crippen LogP contribution in [0.15, 0.2) is 88.8 Å². The Bertz CT molecular complexity index is 3240. The van der Waals surface area contributed by atoms with Gasteiger partial charge in [0.2, 0.25) is 0 Å². The van der Waals surface area contributed by atoms with E-state index in [1.807, 2.05) is 6.07 Å². The van der Waals surface area contributed by atoms with Gasteiger partial charge in [-0.15, -0.1) is 29.1 Å². The van der Waals surface area contributed by atoms with E-state index in [4.69, 9.17) is 28.6 Å². The molecule has 0 bridgehead atoms. The van der Waals surface area contributed by atoms with E-state index in [2.05, 4.69) is 79.4 Å². The summed E-state index contributed by atoms with van der Waals surface area (Å²) in [7, 11) is -9.60. The van der Waals surface area contributed by atoms with Crippen LogP contribution in [0.25, 0.3) is 28.1 Å². The van der Waals surface area contributed by atoms with Gasteiger partial charge in [-0.25, -0.2) is 24.7 Å². The number of nitriles is 1. The third-order valence-corrected chi connectivity index (χ3v) is 11.2. The van der Waals surface area contributed by atoms with E-state index in [0.717, 1.165) is 55.4 Å². The average molecular weight is 998 g/mol. The maximum absolute atomic E-state index is 12.0. The lowest BCUT2D eigenvalue weighted by atomic mass is 10.3. The van der Waals surface area contributed by atoms with Gasteiger partial charge in [0.25, 0.3) is 37.8 Å². The average Bonchev–Trinajstić information content (AvgIpc) is 4.04. The first-order valence-corrected chi connectivity index (χ1v) is 21.7. The molecular weight excluding hydrogens is 975 g/mol. The number of benzene rings is 2. The summed E-state index contributed by atoms with van der Waals surface area (Å²) in [4.78, 5) is 14.2. The molecule has 0 spiro atoms. The molecule has 0 aliphatic heterocycles. The number of nitrogens with two attached hydrogens (primary N) is 2. The summed E-state index contributed by atoms with van der Waals surface area (Å²) in [6.45, 7) is 10.6. The highest BCUT2D eigenvalue weighted by Crippen LogP contribution is 2.38. The number of aromatic hydroxyl groups is 1. The van der Waals surface area contributed by atoms with Gasteiger partial charge in [0.1, 0.15) is 11.6 Å². The van der Waals surface area contributed by atoms with E-state index in [1.165, 1.54) is 26.0 Å². The number of hydrogen-bond acceptors (Lipinski definition) is 27. The molecule has 7 rings (SSSR count). The van der Waals surface area contributed by atoms with E-state index in [1.54, 1.807) is 0 Å². The monoisotopic (exact) mass is 997 g/mol. The summed E-state index contributed by atoms with van der Waals surface area (Å²) >= 11 is 0.737. The van der Waals surface area contributed by atoms with Crippen LogP contribution in [-0.2, 0) is 39.0 Å². The van der Waals surface area contributed by atoms with Crippen molar-refractivity contribution in [3.8, 4) is 35.4 Å². The number of aryl methyl sites for hydroxylation is 2. The van der Waals surface area contributed by atoms with Crippen molar-refractivity contribution in [3.63, 3.8) is 0 Å². The molecule has 0 atom stereocenters. The molecule has 0 unspecified atom stereocenters. The van der Waals surface area contributed by atoms with E-state index < -0.39 is 47.9 Å². The van der Waals surface area contributed by atoms with Gasteiger partial charge in [0.15, 0.2) is 34.6 Å². The number of anilines is 2. The molecule has 2 aromatic carbocycles. The number of nitrogen functional groups attached to an aromatic ring is 2. The molecule has 0 amide bonds. The standard InChI is InChI=1S/C31H23N19O13S4/c1-13-23(41-43-27-15(10-32)11-36-47(27)16-4-18(64-62-60-52)8-20(6-16)66(54,55)56)25(33)49(45-13)29-38-30(40-31(51)39-29)50-26(34)24(14(2)46-50)42-44-28-22(35-3)12-37-48(28)17-5-19(65-63-61-53)9-21(7-17)67(57,58)59/h4-9,11-12,52-53H,33-34H2,1-2H3,(H,54,55,56)(H,57,58,59)(H,38,39,40,51). The first-order valence-electron chi connectivity index (χ1n) is 17.3. The molecule has 36 heteroatoms. The highest BCUT2D eigenvalue weighted by atomic mass is 32.2. The number of hydrogen-bond donors (Lipinski definition) is 7. The molecule has 9 N–H and O–H groups in total. The first-order chi connectivity index (χ1) is 31.8. The van der Waals surface area contributed by atoms with Gasteiger partial charge >= 0.3 is 6.01 Å². The van der Waals surface area contributed by atoms with Gasteiger partial charge in [-0.1, -0.05) is 10.1 Å². The van der Waals surface area contributed by atoms with E-state index in [0.29, 0.717) is 24.1 Å². The molecule has 0 aliphatic carbocycles. The number of aromatic nitrogens is 11.